The summed E-state index contributed by atoms with van der Waals surface area (Å²) in [5, 5.41) is 13.5. The zero-order chi connectivity index (χ0) is 13.2. The lowest BCUT2D eigenvalue weighted by Crippen LogP contribution is -2.02. The van der Waals surface area contributed by atoms with E-state index in [1.165, 1.54) is 4.88 Å². The molecule has 0 fully saturated rings. The fourth-order valence-electron chi connectivity index (χ4n) is 2.16. The Morgan fingerprint density at radius 1 is 1.21 bits per heavy atom. The molecule has 2 heterocycles. The van der Waals surface area contributed by atoms with Crippen molar-refractivity contribution in [3.05, 3.63) is 62.9 Å². The van der Waals surface area contributed by atoms with Gasteiger partial charge in [-0.05, 0) is 23.6 Å². The Labute approximate surface area is 123 Å². The molecule has 1 N–H and O–H groups in total. The first-order chi connectivity index (χ1) is 9.25. The van der Waals surface area contributed by atoms with E-state index in [9.17, 15) is 5.11 Å². The topological polar surface area (TPSA) is 33.1 Å². The number of pyridine rings is 1. The molecule has 0 aliphatic rings. The van der Waals surface area contributed by atoms with E-state index in [-0.39, 0.29) is 0 Å². The van der Waals surface area contributed by atoms with E-state index in [0.717, 1.165) is 20.9 Å². The van der Waals surface area contributed by atoms with Gasteiger partial charge in [-0.1, -0.05) is 34.1 Å². The number of hydrogen-bond donors (Lipinski definition) is 1. The Bertz CT molecular complexity index is 696. The summed E-state index contributed by atoms with van der Waals surface area (Å²) >= 11 is 5.19. The van der Waals surface area contributed by atoms with Gasteiger partial charge < -0.3 is 5.11 Å². The number of fused-ring (bicyclic) bond motifs is 1. The maximum Gasteiger partial charge on any atom is 0.0859 e. The third-order valence-corrected chi connectivity index (χ3v) is 4.67. The summed E-state index contributed by atoms with van der Waals surface area (Å²) in [4.78, 5) is 5.59. The number of hydrogen-bond acceptors (Lipinski definition) is 3. The Balaban J connectivity index is 2.03. The molecule has 0 amide bonds. The fourth-order valence-corrected chi connectivity index (χ4v) is 3.35. The SMILES string of the molecule is OC(Cc1cccs1)c1ccc(Br)c2cccnc12. The van der Waals surface area contributed by atoms with Crippen molar-refractivity contribution in [1.29, 1.82) is 0 Å². The van der Waals surface area contributed by atoms with Crippen LogP contribution in [0.1, 0.15) is 16.5 Å². The average molecular weight is 334 g/mol. The van der Waals surface area contributed by atoms with Gasteiger partial charge >= 0.3 is 0 Å². The molecule has 0 saturated heterocycles. The van der Waals surface area contributed by atoms with Crippen LogP contribution in [0.2, 0.25) is 0 Å². The van der Waals surface area contributed by atoms with E-state index < -0.39 is 6.10 Å². The number of aliphatic hydroxyl groups excluding tert-OH is 1. The summed E-state index contributed by atoms with van der Waals surface area (Å²) in [6.07, 6.45) is 1.87. The van der Waals surface area contributed by atoms with Crippen LogP contribution in [-0.2, 0) is 6.42 Å². The van der Waals surface area contributed by atoms with Crippen molar-refractivity contribution < 1.29 is 5.11 Å². The van der Waals surface area contributed by atoms with Crippen molar-refractivity contribution in [3.8, 4) is 0 Å². The molecule has 3 rings (SSSR count). The molecule has 2 nitrogen and oxygen atoms in total. The Morgan fingerprint density at radius 2 is 2.11 bits per heavy atom. The smallest absolute Gasteiger partial charge is 0.0859 e. The molecule has 0 spiro atoms. The summed E-state index contributed by atoms with van der Waals surface area (Å²) in [6, 6.07) is 11.9. The second-order valence-corrected chi connectivity index (χ2v) is 6.22. The molecule has 2 aromatic heterocycles. The maximum absolute atomic E-state index is 10.4. The van der Waals surface area contributed by atoms with Gasteiger partial charge in [0.05, 0.1) is 11.6 Å². The van der Waals surface area contributed by atoms with Gasteiger partial charge in [0.25, 0.3) is 0 Å². The second-order valence-electron chi connectivity index (χ2n) is 4.34. The fraction of sp³-hybridized carbons (Fsp3) is 0.133. The predicted molar refractivity (Wildman–Crippen MR) is 82.4 cm³/mol. The molecule has 96 valence electrons. The van der Waals surface area contributed by atoms with Crippen LogP contribution >= 0.6 is 27.3 Å². The van der Waals surface area contributed by atoms with Gasteiger partial charge in [0, 0.05) is 32.9 Å². The average Bonchev–Trinajstić information content (AvgIpc) is 2.92. The number of nitrogens with zero attached hydrogens (tertiary/aromatic N) is 1. The summed E-state index contributed by atoms with van der Waals surface area (Å²) in [6.45, 7) is 0. The van der Waals surface area contributed by atoms with E-state index in [1.54, 1.807) is 17.5 Å². The van der Waals surface area contributed by atoms with Crippen LogP contribution < -0.4 is 0 Å². The number of rotatable bonds is 3. The lowest BCUT2D eigenvalue weighted by atomic mass is 10.0. The lowest BCUT2D eigenvalue weighted by Gasteiger charge is -2.13. The summed E-state index contributed by atoms with van der Waals surface area (Å²) < 4.78 is 1.00. The normalized spacial score (nSPS) is 12.7. The van der Waals surface area contributed by atoms with E-state index in [1.807, 2.05) is 41.8 Å². The maximum atomic E-state index is 10.4. The molecule has 1 unspecified atom stereocenters. The van der Waals surface area contributed by atoms with Crippen LogP contribution in [0.5, 0.6) is 0 Å². The van der Waals surface area contributed by atoms with Crippen molar-refractivity contribution >= 4 is 38.2 Å². The Kier molecular flexibility index (Phi) is 3.64. The molecule has 0 aliphatic heterocycles. The first-order valence-electron chi connectivity index (χ1n) is 5.99. The van der Waals surface area contributed by atoms with Crippen LogP contribution in [0.15, 0.2) is 52.4 Å². The Morgan fingerprint density at radius 3 is 2.89 bits per heavy atom. The minimum Gasteiger partial charge on any atom is -0.388 e. The van der Waals surface area contributed by atoms with Gasteiger partial charge in [0.15, 0.2) is 0 Å². The quantitative estimate of drug-likeness (QED) is 0.773. The highest BCUT2D eigenvalue weighted by Crippen LogP contribution is 2.30. The zero-order valence-corrected chi connectivity index (χ0v) is 12.5. The molecular formula is C15H12BrNOS. The van der Waals surface area contributed by atoms with Crippen molar-refractivity contribution in [3.63, 3.8) is 0 Å². The molecule has 3 aromatic rings. The molecule has 0 radical (unpaired) electrons. The molecule has 0 saturated carbocycles. The van der Waals surface area contributed by atoms with Crippen molar-refractivity contribution in [2.24, 2.45) is 0 Å². The number of thiophene rings is 1. The highest BCUT2D eigenvalue weighted by atomic mass is 79.9. The summed E-state index contributed by atoms with van der Waals surface area (Å²) in [5.74, 6) is 0. The van der Waals surface area contributed by atoms with Crippen molar-refractivity contribution in [2.75, 3.05) is 0 Å². The van der Waals surface area contributed by atoms with E-state index in [2.05, 4.69) is 20.9 Å². The third kappa shape index (κ3) is 2.56. The minimum atomic E-state index is -0.524. The van der Waals surface area contributed by atoms with Crippen molar-refractivity contribution in [2.45, 2.75) is 12.5 Å². The van der Waals surface area contributed by atoms with Gasteiger partial charge in [-0.2, -0.15) is 0 Å². The summed E-state index contributed by atoms with van der Waals surface area (Å²) in [7, 11) is 0. The first kappa shape index (κ1) is 12.8. The number of aromatic nitrogens is 1. The monoisotopic (exact) mass is 333 g/mol. The van der Waals surface area contributed by atoms with Crippen molar-refractivity contribution in [1.82, 2.24) is 4.98 Å². The minimum absolute atomic E-state index is 0.524. The summed E-state index contributed by atoms with van der Waals surface area (Å²) in [5.41, 5.74) is 1.74. The van der Waals surface area contributed by atoms with Crippen LogP contribution in [0.25, 0.3) is 10.9 Å². The standard InChI is InChI=1S/C15H12BrNOS/c16-13-6-5-12(15-11(13)4-1-7-17-15)14(18)9-10-3-2-8-19-10/h1-8,14,18H,9H2. The number of aliphatic hydroxyl groups is 1. The van der Waals surface area contributed by atoms with Gasteiger partial charge in [-0.15, -0.1) is 11.3 Å². The molecule has 1 atom stereocenters. The molecule has 0 aliphatic carbocycles. The van der Waals surface area contributed by atoms with E-state index in [4.69, 9.17) is 0 Å². The molecule has 0 bridgehead atoms. The first-order valence-corrected chi connectivity index (χ1v) is 7.66. The molecule has 1 aromatic carbocycles. The van der Waals surface area contributed by atoms with Crippen LogP contribution in [-0.4, -0.2) is 10.1 Å². The lowest BCUT2D eigenvalue weighted by molar-refractivity contribution is 0.181. The van der Waals surface area contributed by atoms with Crippen LogP contribution in [0, 0.1) is 0 Å². The largest absolute Gasteiger partial charge is 0.388 e. The van der Waals surface area contributed by atoms with Crippen LogP contribution in [0.3, 0.4) is 0 Å². The molecule has 19 heavy (non-hydrogen) atoms. The van der Waals surface area contributed by atoms with Gasteiger partial charge in [0.2, 0.25) is 0 Å². The predicted octanol–water partition coefficient (Wildman–Crippen LogP) is 4.33. The van der Waals surface area contributed by atoms with Gasteiger partial charge in [-0.25, -0.2) is 0 Å². The third-order valence-electron chi connectivity index (χ3n) is 3.08. The van der Waals surface area contributed by atoms with Crippen LogP contribution in [0.4, 0.5) is 0 Å². The van der Waals surface area contributed by atoms with E-state index >= 15 is 0 Å². The molecular weight excluding hydrogens is 322 g/mol. The van der Waals surface area contributed by atoms with E-state index in [0.29, 0.717) is 6.42 Å². The number of benzene rings is 1. The van der Waals surface area contributed by atoms with Gasteiger partial charge in [0.1, 0.15) is 0 Å². The number of halogens is 1. The second kappa shape index (κ2) is 5.41. The zero-order valence-electron chi connectivity index (χ0n) is 10.1. The highest BCUT2D eigenvalue weighted by Gasteiger charge is 2.14. The Hall–Kier alpha value is -1.23. The molecule has 4 heteroatoms. The van der Waals surface area contributed by atoms with Gasteiger partial charge in [-0.3, -0.25) is 4.98 Å². The highest BCUT2D eigenvalue weighted by molar-refractivity contribution is 9.10.